The Morgan fingerprint density at radius 2 is 2.14 bits per heavy atom. The zero-order chi connectivity index (χ0) is 9.97. The van der Waals surface area contributed by atoms with Crippen LogP contribution in [0.1, 0.15) is 12.0 Å². The predicted molar refractivity (Wildman–Crippen MR) is 52.7 cm³/mol. The van der Waals surface area contributed by atoms with E-state index in [0.717, 1.165) is 23.5 Å². The van der Waals surface area contributed by atoms with Crippen molar-refractivity contribution in [3.8, 4) is 11.5 Å². The maximum atomic E-state index is 8.96. The number of benzene rings is 1. The molecule has 1 heterocycles. The van der Waals surface area contributed by atoms with Gasteiger partial charge in [0.05, 0.1) is 5.76 Å². The van der Waals surface area contributed by atoms with Crippen LogP contribution in [-0.2, 0) is 6.42 Å². The summed E-state index contributed by atoms with van der Waals surface area (Å²) < 4.78 is 10.4. The minimum atomic E-state index is 0.211. The van der Waals surface area contributed by atoms with E-state index in [2.05, 4.69) is 6.58 Å². The average Bonchev–Trinajstić information content (AvgIpc) is 2.61. The number of rotatable bonds is 3. The quantitative estimate of drug-likeness (QED) is 0.747. The van der Waals surface area contributed by atoms with Gasteiger partial charge in [0.15, 0.2) is 11.5 Å². The summed E-state index contributed by atoms with van der Waals surface area (Å²) >= 11 is 0. The minimum absolute atomic E-state index is 0.211. The summed E-state index contributed by atoms with van der Waals surface area (Å²) in [7, 11) is 0. The zero-order valence-corrected chi connectivity index (χ0v) is 7.82. The van der Waals surface area contributed by atoms with Crippen molar-refractivity contribution in [3.63, 3.8) is 0 Å². The Labute approximate surface area is 82.6 Å². The van der Waals surface area contributed by atoms with Crippen molar-refractivity contribution < 1.29 is 14.6 Å². The van der Waals surface area contributed by atoms with Crippen molar-refractivity contribution >= 4 is 0 Å². The molecule has 0 aromatic heterocycles. The Balaban J connectivity index is 2.09. The maximum Gasteiger partial charge on any atom is 0.231 e. The Morgan fingerprint density at radius 3 is 2.93 bits per heavy atom. The molecule has 0 amide bonds. The second-order valence-corrected chi connectivity index (χ2v) is 3.25. The fourth-order valence-corrected chi connectivity index (χ4v) is 1.39. The van der Waals surface area contributed by atoms with Gasteiger partial charge in [0.2, 0.25) is 6.79 Å². The molecule has 1 aliphatic rings. The van der Waals surface area contributed by atoms with Crippen molar-refractivity contribution in [2.75, 3.05) is 6.79 Å². The van der Waals surface area contributed by atoms with E-state index in [9.17, 15) is 0 Å². The van der Waals surface area contributed by atoms with Gasteiger partial charge in [-0.2, -0.15) is 0 Å². The van der Waals surface area contributed by atoms with Crippen LogP contribution in [0.25, 0.3) is 0 Å². The topological polar surface area (TPSA) is 38.7 Å². The molecule has 0 unspecified atom stereocenters. The second kappa shape index (κ2) is 3.62. The summed E-state index contributed by atoms with van der Waals surface area (Å²) in [5, 5.41) is 8.96. The van der Waals surface area contributed by atoms with E-state index < -0.39 is 0 Å². The average molecular weight is 192 g/mol. The highest BCUT2D eigenvalue weighted by molar-refractivity contribution is 5.44. The molecule has 0 radical (unpaired) electrons. The maximum absolute atomic E-state index is 8.96. The third-order valence-electron chi connectivity index (χ3n) is 2.14. The van der Waals surface area contributed by atoms with Crippen molar-refractivity contribution in [1.29, 1.82) is 0 Å². The molecule has 14 heavy (non-hydrogen) atoms. The lowest BCUT2D eigenvalue weighted by atomic mass is 10.1. The number of aliphatic hydroxyl groups excluding tert-OH is 1. The van der Waals surface area contributed by atoms with Crippen LogP contribution >= 0.6 is 0 Å². The molecule has 0 atom stereocenters. The Morgan fingerprint density at radius 1 is 1.36 bits per heavy atom. The molecular formula is C11H12O3. The standard InChI is InChI=1S/C11H12O3/c1-8(12)2-3-9-4-5-10-11(6-9)14-7-13-10/h4-6,12H,1-3,7H2. The SMILES string of the molecule is C=C(O)CCc1ccc2c(c1)OCO2. The highest BCUT2D eigenvalue weighted by Crippen LogP contribution is 2.32. The molecular weight excluding hydrogens is 180 g/mol. The molecule has 3 heteroatoms. The molecule has 3 nitrogen and oxygen atoms in total. The molecule has 1 aromatic carbocycles. The molecule has 1 aliphatic heterocycles. The smallest absolute Gasteiger partial charge is 0.231 e. The third kappa shape index (κ3) is 1.82. The molecule has 1 aromatic rings. The summed E-state index contributed by atoms with van der Waals surface area (Å²) in [6, 6.07) is 5.79. The summed E-state index contributed by atoms with van der Waals surface area (Å²) in [5.41, 5.74) is 1.12. The summed E-state index contributed by atoms with van der Waals surface area (Å²) in [5.74, 6) is 1.78. The number of ether oxygens (including phenoxy) is 2. The van der Waals surface area contributed by atoms with E-state index in [1.807, 2.05) is 18.2 Å². The minimum Gasteiger partial charge on any atom is -0.513 e. The van der Waals surface area contributed by atoms with Crippen LogP contribution in [0, 0.1) is 0 Å². The fourth-order valence-electron chi connectivity index (χ4n) is 1.39. The van der Waals surface area contributed by atoms with Crippen LogP contribution in [0.3, 0.4) is 0 Å². The molecule has 0 aliphatic carbocycles. The van der Waals surface area contributed by atoms with Crippen molar-refractivity contribution in [2.45, 2.75) is 12.8 Å². The first-order valence-corrected chi connectivity index (χ1v) is 4.51. The van der Waals surface area contributed by atoms with Gasteiger partial charge in [-0.3, -0.25) is 0 Å². The molecule has 0 bridgehead atoms. The molecule has 2 rings (SSSR count). The van der Waals surface area contributed by atoms with Crippen LogP contribution in [0.2, 0.25) is 0 Å². The molecule has 0 spiro atoms. The van der Waals surface area contributed by atoms with Gasteiger partial charge in [-0.1, -0.05) is 12.6 Å². The second-order valence-electron chi connectivity index (χ2n) is 3.25. The number of fused-ring (bicyclic) bond motifs is 1. The summed E-state index contributed by atoms with van der Waals surface area (Å²) in [6.07, 6.45) is 1.35. The number of aryl methyl sites for hydroxylation is 1. The lowest BCUT2D eigenvalue weighted by molar-refractivity contribution is 0.174. The van der Waals surface area contributed by atoms with Gasteiger partial charge in [0.1, 0.15) is 0 Å². The number of aliphatic hydroxyl groups is 1. The third-order valence-corrected chi connectivity index (χ3v) is 2.14. The Kier molecular flexibility index (Phi) is 2.31. The van der Waals surface area contributed by atoms with E-state index in [4.69, 9.17) is 14.6 Å². The highest BCUT2D eigenvalue weighted by Gasteiger charge is 2.12. The molecule has 0 fully saturated rings. The van der Waals surface area contributed by atoms with E-state index >= 15 is 0 Å². The zero-order valence-electron chi connectivity index (χ0n) is 7.82. The van der Waals surface area contributed by atoms with E-state index in [1.54, 1.807) is 0 Å². The van der Waals surface area contributed by atoms with Crippen LogP contribution in [0.15, 0.2) is 30.5 Å². The van der Waals surface area contributed by atoms with Gasteiger partial charge in [-0.05, 0) is 24.1 Å². The first-order valence-electron chi connectivity index (χ1n) is 4.51. The van der Waals surface area contributed by atoms with E-state index in [-0.39, 0.29) is 5.76 Å². The van der Waals surface area contributed by atoms with Crippen molar-refractivity contribution in [1.82, 2.24) is 0 Å². The molecule has 74 valence electrons. The van der Waals surface area contributed by atoms with E-state index in [1.165, 1.54) is 0 Å². The first-order chi connectivity index (χ1) is 6.75. The van der Waals surface area contributed by atoms with Crippen LogP contribution in [0.5, 0.6) is 11.5 Å². The predicted octanol–water partition coefficient (Wildman–Crippen LogP) is 2.42. The lowest BCUT2D eigenvalue weighted by Gasteiger charge is -2.01. The van der Waals surface area contributed by atoms with Gasteiger partial charge in [0.25, 0.3) is 0 Å². The van der Waals surface area contributed by atoms with Crippen LogP contribution in [-0.4, -0.2) is 11.9 Å². The molecule has 0 saturated carbocycles. The van der Waals surface area contributed by atoms with Gasteiger partial charge in [0, 0.05) is 6.42 Å². The van der Waals surface area contributed by atoms with Crippen LogP contribution in [0.4, 0.5) is 0 Å². The molecule has 0 saturated heterocycles. The van der Waals surface area contributed by atoms with Gasteiger partial charge < -0.3 is 14.6 Å². The van der Waals surface area contributed by atoms with Crippen molar-refractivity contribution in [2.24, 2.45) is 0 Å². The van der Waals surface area contributed by atoms with Gasteiger partial charge in [-0.25, -0.2) is 0 Å². The van der Waals surface area contributed by atoms with Gasteiger partial charge in [-0.15, -0.1) is 0 Å². The fraction of sp³-hybridized carbons (Fsp3) is 0.273. The normalized spacial score (nSPS) is 12.9. The highest BCUT2D eigenvalue weighted by atomic mass is 16.7. The summed E-state index contributed by atoms with van der Waals surface area (Å²) in [6.45, 7) is 3.74. The number of allylic oxidation sites excluding steroid dienone is 1. The summed E-state index contributed by atoms with van der Waals surface area (Å²) in [4.78, 5) is 0. The number of hydrogen-bond acceptors (Lipinski definition) is 3. The first kappa shape index (κ1) is 8.94. The largest absolute Gasteiger partial charge is 0.513 e. The number of hydrogen-bond donors (Lipinski definition) is 1. The van der Waals surface area contributed by atoms with E-state index in [0.29, 0.717) is 13.2 Å². The Hall–Kier alpha value is -1.64. The Bertz CT molecular complexity index is 358. The lowest BCUT2D eigenvalue weighted by Crippen LogP contribution is -1.93. The monoisotopic (exact) mass is 192 g/mol. The molecule has 1 N–H and O–H groups in total. The van der Waals surface area contributed by atoms with Crippen molar-refractivity contribution in [3.05, 3.63) is 36.1 Å². The van der Waals surface area contributed by atoms with Crippen LogP contribution < -0.4 is 9.47 Å². The van der Waals surface area contributed by atoms with Gasteiger partial charge >= 0.3 is 0 Å².